The molecule has 2 heterocycles. The minimum atomic E-state index is 0.0148. The van der Waals surface area contributed by atoms with Gasteiger partial charge >= 0.3 is 0 Å². The van der Waals surface area contributed by atoms with Gasteiger partial charge in [-0.3, -0.25) is 4.79 Å². The molecule has 0 aliphatic carbocycles. The molecule has 1 aliphatic heterocycles. The van der Waals surface area contributed by atoms with Gasteiger partial charge in [-0.05, 0) is 18.1 Å². The van der Waals surface area contributed by atoms with Crippen molar-refractivity contribution in [3.8, 4) is 11.5 Å². The summed E-state index contributed by atoms with van der Waals surface area (Å²) >= 11 is 0. The van der Waals surface area contributed by atoms with E-state index < -0.39 is 0 Å². The number of hydrogen-bond donors (Lipinski definition) is 0. The minimum Gasteiger partial charge on any atom is -0.420 e. The van der Waals surface area contributed by atoms with Crippen LogP contribution in [-0.4, -0.2) is 47.8 Å². The summed E-state index contributed by atoms with van der Waals surface area (Å²) in [5, 5.41) is 8.43. The van der Waals surface area contributed by atoms with Gasteiger partial charge in [0, 0.05) is 38.1 Å². The molecule has 1 aromatic heterocycles. The van der Waals surface area contributed by atoms with E-state index >= 15 is 0 Å². The molecule has 1 saturated heterocycles. The van der Waals surface area contributed by atoms with Crippen LogP contribution in [-0.2, 0) is 9.53 Å². The topological polar surface area (TPSA) is 68.5 Å². The van der Waals surface area contributed by atoms with E-state index in [0.29, 0.717) is 43.8 Å². The normalized spacial score (nSPS) is 20.4. The number of aromatic nitrogens is 2. The molecule has 0 spiro atoms. The average Bonchev–Trinajstić information content (AvgIpc) is 3.22. The van der Waals surface area contributed by atoms with Crippen LogP contribution in [0.4, 0.5) is 0 Å². The first-order valence-electron chi connectivity index (χ1n) is 8.74. The lowest BCUT2D eigenvalue weighted by Gasteiger charge is -2.17. The van der Waals surface area contributed by atoms with Crippen LogP contribution in [0.2, 0.25) is 0 Å². The maximum Gasteiger partial charge on any atom is 0.247 e. The number of likely N-dealkylation sites (tertiary alicyclic amines) is 1. The van der Waals surface area contributed by atoms with Crippen LogP contribution in [0.15, 0.2) is 34.7 Å². The Labute approximate surface area is 148 Å². The second kappa shape index (κ2) is 7.78. The Balaban J connectivity index is 1.77. The Morgan fingerprint density at radius 1 is 1.28 bits per heavy atom. The molecule has 0 radical (unpaired) electrons. The van der Waals surface area contributed by atoms with Gasteiger partial charge in [-0.2, -0.15) is 0 Å². The number of ether oxygens (including phenoxy) is 1. The summed E-state index contributed by atoms with van der Waals surface area (Å²) < 4.78 is 11.3. The molecular weight excluding hydrogens is 318 g/mol. The van der Waals surface area contributed by atoms with Gasteiger partial charge in [0.25, 0.3) is 0 Å². The van der Waals surface area contributed by atoms with Crippen molar-refractivity contribution in [2.24, 2.45) is 11.8 Å². The highest BCUT2D eigenvalue weighted by Gasteiger charge is 2.39. The molecule has 1 fully saturated rings. The largest absolute Gasteiger partial charge is 0.420 e. The number of hydrogen-bond acceptors (Lipinski definition) is 5. The molecule has 2 aromatic rings. The van der Waals surface area contributed by atoms with E-state index in [1.54, 1.807) is 7.11 Å². The summed E-state index contributed by atoms with van der Waals surface area (Å²) in [6.07, 6.45) is 0.561. The number of benzene rings is 1. The van der Waals surface area contributed by atoms with Crippen molar-refractivity contribution in [1.29, 1.82) is 0 Å². The third-order valence-electron chi connectivity index (χ3n) is 4.54. The van der Waals surface area contributed by atoms with E-state index in [1.807, 2.05) is 35.2 Å². The van der Waals surface area contributed by atoms with Gasteiger partial charge in [0.05, 0.1) is 12.5 Å². The summed E-state index contributed by atoms with van der Waals surface area (Å²) in [7, 11) is 1.68. The second-order valence-corrected chi connectivity index (χ2v) is 7.03. The number of nitrogens with zero attached hydrogens (tertiary/aromatic N) is 3. The summed E-state index contributed by atoms with van der Waals surface area (Å²) in [4.78, 5) is 14.3. The lowest BCUT2D eigenvalue weighted by Crippen LogP contribution is -2.30. The maximum atomic E-state index is 12.4. The number of amides is 1. The van der Waals surface area contributed by atoms with Crippen molar-refractivity contribution in [2.45, 2.75) is 26.2 Å². The first kappa shape index (κ1) is 17.6. The van der Waals surface area contributed by atoms with Crippen LogP contribution in [0.1, 0.15) is 32.1 Å². The SMILES string of the molecule is COCC1CN(C(=O)CC(C)C)CC1c1nnc(-c2ccccc2)o1. The van der Waals surface area contributed by atoms with E-state index in [2.05, 4.69) is 24.0 Å². The monoisotopic (exact) mass is 343 g/mol. The molecule has 25 heavy (non-hydrogen) atoms. The van der Waals surface area contributed by atoms with Crippen LogP contribution in [0.3, 0.4) is 0 Å². The Morgan fingerprint density at radius 2 is 2.04 bits per heavy atom. The predicted octanol–water partition coefficient (Wildman–Crippen LogP) is 2.97. The number of rotatable bonds is 6. The Morgan fingerprint density at radius 3 is 2.72 bits per heavy atom. The third kappa shape index (κ3) is 4.07. The van der Waals surface area contributed by atoms with Gasteiger partial charge in [0.15, 0.2) is 0 Å². The Hall–Kier alpha value is -2.21. The molecular formula is C19H25N3O3. The van der Waals surface area contributed by atoms with Gasteiger partial charge in [0.2, 0.25) is 17.7 Å². The van der Waals surface area contributed by atoms with E-state index in [0.717, 1.165) is 5.56 Å². The van der Waals surface area contributed by atoms with Crippen LogP contribution < -0.4 is 0 Å². The third-order valence-corrected chi connectivity index (χ3v) is 4.54. The predicted molar refractivity (Wildman–Crippen MR) is 93.9 cm³/mol. The molecule has 0 N–H and O–H groups in total. The van der Waals surface area contributed by atoms with E-state index in [4.69, 9.17) is 9.15 Å². The minimum absolute atomic E-state index is 0.0148. The van der Waals surface area contributed by atoms with Crippen molar-refractivity contribution >= 4 is 5.91 Å². The Kier molecular flexibility index (Phi) is 5.48. The summed E-state index contributed by atoms with van der Waals surface area (Å²) in [6, 6.07) is 9.71. The smallest absolute Gasteiger partial charge is 0.247 e. The molecule has 0 saturated carbocycles. The Bertz CT molecular complexity index is 699. The van der Waals surface area contributed by atoms with Crippen LogP contribution >= 0.6 is 0 Å². The number of methoxy groups -OCH3 is 1. The molecule has 6 heteroatoms. The van der Waals surface area contributed by atoms with Crippen LogP contribution in [0, 0.1) is 11.8 Å². The first-order chi connectivity index (χ1) is 12.1. The zero-order chi connectivity index (χ0) is 17.8. The second-order valence-electron chi connectivity index (χ2n) is 7.03. The lowest BCUT2D eigenvalue weighted by atomic mass is 9.97. The van der Waals surface area contributed by atoms with Crippen molar-refractivity contribution < 1.29 is 13.9 Å². The molecule has 2 unspecified atom stereocenters. The van der Waals surface area contributed by atoms with Crippen LogP contribution in [0.25, 0.3) is 11.5 Å². The fourth-order valence-corrected chi connectivity index (χ4v) is 3.30. The summed E-state index contributed by atoms with van der Waals surface area (Å²) in [6.45, 7) is 5.97. The van der Waals surface area contributed by atoms with Crippen molar-refractivity contribution in [3.05, 3.63) is 36.2 Å². The standard InChI is InChI=1S/C19H25N3O3/c1-13(2)9-17(23)22-10-15(12-24-3)16(11-22)19-21-20-18(25-19)14-7-5-4-6-8-14/h4-8,13,15-16H,9-12H2,1-3H3. The van der Waals surface area contributed by atoms with Crippen molar-refractivity contribution in [2.75, 3.05) is 26.8 Å². The van der Waals surface area contributed by atoms with Gasteiger partial charge in [-0.15, -0.1) is 10.2 Å². The summed E-state index contributed by atoms with van der Waals surface area (Å²) in [5.74, 6) is 1.81. The van der Waals surface area contributed by atoms with Gasteiger partial charge in [0.1, 0.15) is 0 Å². The zero-order valence-electron chi connectivity index (χ0n) is 15.0. The lowest BCUT2D eigenvalue weighted by molar-refractivity contribution is -0.131. The molecule has 1 amide bonds. The van der Waals surface area contributed by atoms with E-state index in [-0.39, 0.29) is 17.7 Å². The van der Waals surface area contributed by atoms with Gasteiger partial charge < -0.3 is 14.1 Å². The van der Waals surface area contributed by atoms with Gasteiger partial charge in [-0.1, -0.05) is 32.0 Å². The first-order valence-corrected chi connectivity index (χ1v) is 8.74. The van der Waals surface area contributed by atoms with E-state index in [9.17, 15) is 4.79 Å². The average molecular weight is 343 g/mol. The fraction of sp³-hybridized carbons (Fsp3) is 0.526. The molecule has 2 atom stereocenters. The van der Waals surface area contributed by atoms with Crippen molar-refractivity contribution in [1.82, 2.24) is 15.1 Å². The van der Waals surface area contributed by atoms with Gasteiger partial charge in [-0.25, -0.2) is 0 Å². The van der Waals surface area contributed by atoms with Crippen molar-refractivity contribution in [3.63, 3.8) is 0 Å². The fourth-order valence-electron chi connectivity index (χ4n) is 3.30. The number of carbonyl (C=O) groups excluding carboxylic acids is 1. The molecule has 6 nitrogen and oxygen atoms in total. The molecule has 3 rings (SSSR count). The molecule has 0 bridgehead atoms. The molecule has 1 aromatic carbocycles. The highest BCUT2D eigenvalue weighted by Crippen LogP contribution is 2.34. The highest BCUT2D eigenvalue weighted by atomic mass is 16.5. The molecule has 134 valence electrons. The molecule has 1 aliphatic rings. The van der Waals surface area contributed by atoms with Crippen LogP contribution in [0.5, 0.6) is 0 Å². The highest BCUT2D eigenvalue weighted by molar-refractivity contribution is 5.76. The maximum absolute atomic E-state index is 12.4. The zero-order valence-corrected chi connectivity index (χ0v) is 15.0. The quantitative estimate of drug-likeness (QED) is 0.806. The number of carbonyl (C=O) groups is 1. The summed E-state index contributed by atoms with van der Waals surface area (Å²) in [5.41, 5.74) is 0.898. The van der Waals surface area contributed by atoms with E-state index in [1.165, 1.54) is 0 Å².